The first-order chi connectivity index (χ1) is 17.9. The number of nitrogens with one attached hydrogen (secondary N) is 2. The number of aromatic nitrogens is 2. The number of benzene rings is 3. The minimum Gasteiger partial charge on any atom is -0.349 e. The van der Waals surface area contributed by atoms with Crippen LogP contribution in [0.25, 0.3) is 10.9 Å². The van der Waals surface area contributed by atoms with Crippen molar-refractivity contribution in [3.8, 4) is 0 Å². The van der Waals surface area contributed by atoms with Crippen molar-refractivity contribution >= 4 is 51.8 Å². The van der Waals surface area contributed by atoms with Crippen molar-refractivity contribution in [1.82, 2.24) is 14.9 Å². The number of carbonyl (C=O) groups excluding carboxylic acids is 2. The van der Waals surface area contributed by atoms with E-state index in [9.17, 15) is 14.4 Å². The topological polar surface area (TPSA) is 93.1 Å². The van der Waals surface area contributed by atoms with Gasteiger partial charge in [0.1, 0.15) is 0 Å². The van der Waals surface area contributed by atoms with Crippen molar-refractivity contribution in [3.05, 3.63) is 98.8 Å². The number of rotatable bonds is 8. The van der Waals surface area contributed by atoms with Crippen molar-refractivity contribution in [1.29, 1.82) is 0 Å². The van der Waals surface area contributed by atoms with Gasteiger partial charge in [0.2, 0.25) is 5.91 Å². The van der Waals surface area contributed by atoms with Gasteiger partial charge in [-0.1, -0.05) is 53.7 Å². The summed E-state index contributed by atoms with van der Waals surface area (Å²) in [5, 5.41) is 7.34. The van der Waals surface area contributed by atoms with Gasteiger partial charge >= 0.3 is 0 Å². The molecule has 1 heterocycles. The Kier molecular flexibility index (Phi) is 7.30. The second-order valence-corrected chi connectivity index (χ2v) is 10.4. The van der Waals surface area contributed by atoms with Crippen LogP contribution in [0.4, 0.5) is 5.69 Å². The molecule has 0 unspecified atom stereocenters. The first-order valence-electron chi connectivity index (χ1n) is 12.0. The van der Waals surface area contributed by atoms with Crippen LogP contribution in [0.1, 0.15) is 34.3 Å². The van der Waals surface area contributed by atoms with Crippen LogP contribution in [0.2, 0.25) is 5.02 Å². The maximum atomic E-state index is 13.4. The maximum Gasteiger partial charge on any atom is 0.262 e. The van der Waals surface area contributed by atoms with E-state index in [1.165, 1.54) is 11.8 Å². The third-order valence-corrected chi connectivity index (χ3v) is 7.31. The third-order valence-electron chi connectivity index (χ3n) is 6.10. The van der Waals surface area contributed by atoms with Crippen molar-refractivity contribution < 1.29 is 9.59 Å². The first-order valence-corrected chi connectivity index (χ1v) is 13.3. The Morgan fingerprint density at radius 3 is 2.59 bits per heavy atom. The monoisotopic (exact) mass is 532 g/mol. The fourth-order valence-corrected chi connectivity index (χ4v) is 4.85. The van der Waals surface area contributed by atoms with Gasteiger partial charge in [0.05, 0.1) is 23.2 Å². The number of hydrogen-bond donors (Lipinski definition) is 2. The van der Waals surface area contributed by atoms with Gasteiger partial charge in [0, 0.05) is 22.3 Å². The van der Waals surface area contributed by atoms with Crippen molar-refractivity contribution in [2.24, 2.45) is 0 Å². The molecule has 0 atom stereocenters. The Labute approximate surface area is 223 Å². The van der Waals surface area contributed by atoms with Gasteiger partial charge in [-0.2, -0.15) is 0 Å². The quantitative estimate of drug-likeness (QED) is 0.245. The van der Waals surface area contributed by atoms with Gasteiger partial charge < -0.3 is 10.6 Å². The van der Waals surface area contributed by atoms with Crippen molar-refractivity contribution in [2.45, 2.75) is 37.5 Å². The number of nitrogens with zero attached hydrogens (tertiary/aromatic N) is 2. The molecule has 0 radical (unpaired) electrons. The van der Waals surface area contributed by atoms with E-state index in [4.69, 9.17) is 11.6 Å². The number of amides is 2. The van der Waals surface area contributed by atoms with Crippen LogP contribution >= 0.6 is 23.4 Å². The molecule has 37 heavy (non-hydrogen) atoms. The zero-order chi connectivity index (χ0) is 25.9. The van der Waals surface area contributed by atoms with Gasteiger partial charge in [0.15, 0.2) is 5.16 Å². The lowest BCUT2D eigenvalue weighted by Gasteiger charge is -2.14. The summed E-state index contributed by atoms with van der Waals surface area (Å²) in [5.41, 5.74) is 3.37. The van der Waals surface area contributed by atoms with E-state index < -0.39 is 0 Å². The zero-order valence-corrected chi connectivity index (χ0v) is 21.7. The largest absolute Gasteiger partial charge is 0.349 e. The molecule has 0 spiro atoms. The molecule has 1 aliphatic rings. The standard InChI is InChI=1S/C28H25ClN4O3S/c1-17-6-11-20(29)14-24(17)31-25(34)16-37-28-32-23-5-3-2-4-22(23)27(36)33(28)15-18-7-9-19(10-8-18)26(35)30-21-12-13-21/h2-11,14,21H,12-13,15-16H2,1H3,(H,30,35)(H,31,34). The van der Waals surface area contributed by atoms with Crippen LogP contribution in [-0.4, -0.2) is 33.2 Å². The predicted octanol–water partition coefficient (Wildman–Crippen LogP) is 5.03. The fraction of sp³-hybridized carbons (Fsp3) is 0.214. The number of fused-ring (bicyclic) bond motifs is 1. The predicted molar refractivity (Wildman–Crippen MR) is 148 cm³/mol. The SMILES string of the molecule is Cc1ccc(Cl)cc1NC(=O)CSc1nc2ccccc2c(=O)n1Cc1ccc(C(=O)NC2CC2)cc1. The highest BCUT2D eigenvalue weighted by atomic mass is 35.5. The highest BCUT2D eigenvalue weighted by Gasteiger charge is 2.23. The Morgan fingerprint density at radius 2 is 1.84 bits per heavy atom. The van der Waals surface area contributed by atoms with E-state index in [-0.39, 0.29) is 35.7 Å². The molecule has 3 aromatic carbocycles. The lowest BCUT2D eigenvalue weighted by molar-refractivity contribution is -0.113. The van der Waals surface area contributed by atoms with Gasteiger partial charge in [-0.3, -0.25) is 19.0 Å². The summed E-state index contributed by atoms with van der Waals surface area (Å²) in [6.07, 6.45) is 2.05. The molecule has 5 rings (SSSR count). The van der Waals surface area contributed by atoms with Gasteiger partial charge in [-0.15, -0.1) is 0 Å². The van der Waals surface area contributed by atoms with Crippen LogP contribution in [0, 0.1) is 6.92 Å². The summed E-state index contributed by atoms with van der Waals surface area (Å²) >= 11 is 7.27. The molecule has 1 fully saturated rings. The number of halogens is 1. The first kappa shape index (κ1) is 25.0. The molecule has 1 aromatic heterocycles. The molecule has 1 saturated carbocycles. The normalized spacial score (nSPS) is 12.9. The second-order valence-electron chi connectivity index (χ2n) is 9.04. The average molecular weight is 533 g/mol. The molecule has 2 amide bonds. The summed E-state index contributed by atoms with van der Waals surface area (Å²) in [6.45, 7) is 2.15. The minimum atomic E-state index is -0.227. The van der Waals surface area contributed by atoms with E-state index in [1.54, 1.807) is 47.0 Å². The summed E-state index contributed by atoms with van der Waals surface area (Å²) in [7, 11) is 0. The molecule has 2 N–H and O–H groups in total. The van der Waals surface area contributed by atoms with Crippen LogP contribution in [0.3, 0.4) is 0 Å². The van der Waals surface area contributed by atoms with Crippen molar-refractivity contribution in [2.75, 3.05) is 11.1 Å². The Hall–Kier alpha value is -3.62. The smallest absolute Gasteiger partial charge is 0.262 e. The number of carbonyl (C=O) groups is 2. The zero-order valence-electron chi connectivity index (χ0n) is 20.2. The second kappa shape index (κ2) is 10.8. The van der Waals surface area contributed by atoms with Crippen LogP contribution in [0.15, 0.2) is 76.7 Å². The summed E-state index contributed by atoms with van der Waals surface area (Å²) in [4.78, 5) is 43.1. The van der Waals surface area contributed by atoms with E-state index in [1.807, 2.05) is 31.2 Å². The fourth-order valence-electron chi connectivity index (χ4n) is 3.88. The number of para-hydroxylation sites is 1. The van der Waals surface area contributed by atoms with Gasteiger partial charge in [0.25, 0.3) is 11.5 Å². The van der Waals surface area contributed by atoms with Crippen LogP contribution in [0.5, 0.6) is 0 Å². The third kappa shape index (κ3) is 6.03. The highest BCUT2D eigenvalue weighted by molar-refractivity contribution is 7.99. The van der Waals surface area contributed by atoms with Crippen LogP contribution in [-0.2, 0) is 11.3 Å². The number of aryl methyl sites for hydroxylation is 1. The molecule has 0 saturated heterocycles. The number of anilines is 1. The maximum absolute atomic E-state index is 13.4. The van der Waals surface area contributed by atoms with Crippen molar-refractivity contribution in [3.63, 3.8) is 0 Å². The lowest BCUT2D eigenvalue weighted by atomic mass is 10.1. The van der Waals surface area contributed by atoms with E-state index in [0.29, 0.717) is 32.3 Å². The number of thioether (sulfide) groups is 1. The van der Waals surface area contributed by atoms with E-state index in [0.717, 1.165) is 24.0 Å². The molecule has 1 aliphatic carbocycles. The summed E-state index contributed by atoms with van der Waals surface area (Å²) in [6, 6.07) is 20.0. The minimum absolute atomic E-state index is 0.0665. The van der Waals surface area contributed by atoms with Gasteiger partial charge in [-0.05, 0) is 67.3 Å². The molecule has 0 bridgehead atoms. The van der Waals surface area contributed by atoms with Gasteiger partial charge in [-0.25, -0.2) is 4.98 Å². The molecular formula is C28H25ClN4O3S. The Balaban J connectivity index is 1.37. The lowest BCUT2D eigenvalue weighted by Crippen LogP contribution is -2.26. The summed E-state index contributed by atoms with van der Waals surface area (Å²) < 4.78 is 1.57. The van der Waals surface area contributed by atoms with Crippen LogP contribution < -0.4 is 16.2 Å². The molecule has 188 valence electrons. The summed E-state index contributed by atoms with van der Waals surface area (Å²) in [5.74, 6) is -0.247. The Morgan fingerprint density at radius 1 is 1.08 bits per heavy atom. The molecule has 9 heteroatoms. The Bertz CT molecular complexity index is 1550. The highest BCUT2D eigenvalue weighted by Crippen LogP contribution is 2.23. The van der Waals surface area contributed by atoms with E-state index >= 15 is 0 Å². The van der Waals surface area contributed by atoms with E-state index in [2.05, 4.69) is 15.6 Å². The number of hydrogen-bond acceptors (Lipinski definition) is 5. The molecule has 0 aliphatic heterocycles. The molecule has 7 nitrogen and oxygen atoms in total. The molecular weight excluding hydrogens is 508 g/mol. The molecule has 4 aromatic rings. The average Bonchev–Trinajstić information content (AvgIpc) is 3.71.